The lowest BCUT2D eigenvalue weighted by Gasteiger charge is -2.16. The van der Waals surface area contributed by atoms with E-state index in [1.165, 1.54) is 0 Å². The van der Waals surface area contributed by atoms with Crippen LogP contribution < -0.4 is 16.2 Å². The van der Waals surface area contributed by atoms with E-state index in [1.807, 2.05) is 30.3 Å². The molecular formula is C15H20N3O6S-. The molecule has 0 saturated carbocycles. The van der Waals surface area contributed by atoms with E-state index in [0.717, 1.165) is 11.8 Å². The maximum atomic E-state index is 11.8. The first-order valence-electron chi connectivity index (χ1n) is 7.30. The van der Waals surface area contributed by atoms with Crippen molar-refractivity contribution in [3.8, 4) is 0 Å². The summed E-state index contributed by atoms with van der Waals surface area (Å²) < 4.78 is 22.6. The van der Waals surface area contributed by atoms with Crippen molar-refractivity contribution in [2.45, 2.75) is 24.1 Å². The maximum Gasteiger partial charge on any atom is 0.322 e. The zero-order valence-corrected chi connectivity index (χ0v) is 14.4. The number of carboxylic acid groups (broad SMARTS) is 1. The topological polar surface area (TPSA) is 162 Å². The average molecular weight is 370 g/mol. The van der Waals surface area contributed by atoms with E-state index in [9.17, 15) is 23.1 Å². The van der Waals surface area contributed by atoms with Gasteiger partial charge in [-0.1, -0.05) is 30.3 Å². The molecular weight excluding hydrogens is 350 g/mol. The van der Waals surface area contributed by atoms with Gasteiger partial charge in [0.2, 0.25) is 5.91 Å². The van der Waals surface area contributed by atoms with Gasteiger partial charge in [-0.3, -0.25) is 14.6 Å². The molecule has 10 heteroatoms. The molecule has 2 atom stereocenters. The van der Waals surface area contributed by atoms with Crippen molar-refractivity contribution < 1.29 is 28.2 Å². The molecule has 1 rings (SSSR count). The molecule has 1 aromatic carbocycles. The van der Waals surface area contributed by atoms with Crippen LogP contribution >= 0.6 is 0 Å². The van der Waals surface area contributed by atoms with Crippen LogP contribution in [0.4, 0.5) is 0 Å². The van der Waals surface area contributed by atoms with Gasteiger partial charge in [0.1, 0.15) is 6.67 Å². The van der Waals surface area contributed by atoms with E-state index in [2.05, 4.69) is 10.3 Å². The molecule has 0 fully saturated rings. The summed E-state index contributed by atoms with van der Waals surface area (Å²) in [5, 5.41) is 20.9. The number of sulfone groups is 1. The monoisotopic (exact) mass is 370 g/mol. The molecule has 0 heterocycles. The minimum atomic E-state index is -3.94. The Labute approximate surface area is 145 Å². The van der Waals surface area contributed by atoms with Crippen molar-refractivity contribution in [3.05, 3.63) is 35.9 Å². The minimum Gasteiger partial charge on any atom is -0.862 e. The molecule has 9 nitrogen and oxygen atoms in total. The van der Waals surface area contributed by atoms with E-state index >= 15 is 0 Å². The second-order valence-electron chi connectivity index (χ2n) is 5.41. The highest BCUT2D eigenvalue weighted by molar-refractivity contribution is 7.92. The molecule has 0 radical (unpaired) electrons. The Morgan fingerprint density at radius 2 is 1.92 bits per heavy atom. The van der Waals surface area contributed by atoms with Crippen molar-refractivity contribution >= 4 is 27.6 Å². The van der Waals surface area contributed by atoms with E-state index in [4.69, 9.17) is 10.8 Å². The maximum absolute atomic E-state index is 11.8. The Morgan fingerprint density at radius 3 is 2.44 bits per heavy atom. The quantitative estimate of drug-likeness (QED) is 0.344. The van der Waals surface area contributed by atoms with Crippen LogP contribution in [-0.2, 0) is 25.8 Å². The zero-order chi connectivity index (χ0) is 19.0. The molecule has 25 heavy (non-hydrogen) atoms. The first-order valence-corrected chi connectivity index (χ1v) is 9.26. The number of hydrogen-bond donors (Lipinski definition) is 3. The third-order valence-electron chi connectivity index (χ3n) is 3.30. The first kappa shape index (κ1) is 20.6. The zero-order valence-electron chi connectivity index (χ0n) is 13.6. The third-order valence-corrected chi connectivity index (χ3v) is 4.70. The molecule has 0 aliphatic heterocycles. The predicted octanol–water partition coefficient (Wildman–Crippen LogP) is -1.72. The van der Waals surface area contributed by atoms with Gasteiger partial charge in [0, 0.05) is 12.7 Å². The fourth-order valence-corrected chi connectivity index (χ4v) is 2.75. The predicted molar refractivity (Wildman–Crippen MR) is 89.5 cm³/mol. The van der Waals surface area contributed by atoms with Crippen molar-refractivity contribution in [1.29, 1.82) is 0 Å². The first-order chi connectivity index (χ1) is 11.6. The Balaban J connectivity index is 2.52. The molecule has 1 unspecified atom stereocenters. The summed E-state index contributed by atoms with van der Waals surface area (Å²) in [6, 6.07) is 8.26. The van der Waals surface area contributed by atoms with Crippen LogP contribution in [0.5, 0.6) is 0 Å². The largest absolute Gasteiger partial charge is 0.862 e. The lowest BCUT2D eigenvalue weighted by atomic mass is 10.1. The Morgan fingerprint density at radius 1 is 1.32 bits per heavy atom. The van der Waals surface area contributed by atoms with Crippen molar-refractivity contribution in [3.63, 3.8) is 0 Å². The number of carbonyl (C=O) groups excluding carboxylic acids is 1. The van der Waals surface area contributed by atoms with Crippen LogP contribution in [0.2, 0.25) is 0 Å². The van der Waals surface area contributed by atoms with Gasteiger partial charge in [-0.05, 0) is 17.9 Å². The molecule has 1 amide bonds. The summed E-state index contributed by atoms with van der Waals surface area (Å²) in [6.07, 6.45) is 0.235. The van der Waals surface area contributed by atoms with E-state index in [1.54, 1.807) is 0 Å². The molecule has 0 aliphatic carbocycles. The van der Waals surface area contributed by atoms with Crippen molar-refractivity contribution in [2.24, 2.45) is 10.7 Å². The molecule has 1 aromatic rings. The molecule has 0 spiro atoms. The fourth-order valence-electron chi connectivity index (χ4n) is 1.94. The number of carboxylic acids is 1. The highest BCUT2D eigenvalue weighted by atomic mass is 32.2. The Kier molecular flexibility index (Phi) is 7.52. The number of rotatable bonds is 9. The minimum absolute atomic E-state index is 0.301. The molecule has 0 saturated heterocycles. The van der Waals surface area contributed by atoms with Gasteiger partial charge in [-0.15, -0.1) is 0 Å². The molecule has 0 bridgehead atoms. The molecule has 0 aromatic heterocycles. The molecule has 4 N–H and O–H groups in total. The molecule has 138 valence electrons. The summed E-state index contributed by atoms with van der Waals surface area (Å²) in [5.41, 5.74) is 6.62. The summed E-state index contributed by atoms with van der Waals surface area (Å²) in [6.45, 7) is -0.406. The van der Waals surface area contributed by atoms with Gasteiger partial charge in [0.05, 0.1) is 6.04 Å². The number of nitrogens with one attached hydrogen (secondary N) is 1. The summed E-state index contributed by atoms with van der Waals surface area (Å²) >= 11 is 0. The SMILES string of the molecule is CS(=O)(=O)C(CC([O-])=NCNC(=O)[C@@H](N)Cc1ccccc1)C(=O)O. The second-order valence-corrected chi connectivity index (χ2v) is 7.64. The van der Waals surface area contributed by atoms with Gasteiger partial charge in [-0.25, -0.2) is 8.42 Å². The summed E-state index contributed by atoms with van der Waals surface area (Å²) in [7, 11) is -3.94. The van der Waals surface area contributed by atoms with E-state index < -0.39 is 52.0 Å². The summed E-state index contributed by atoms with van der Waals surface area (Å²) in [5.74, 6) is -3.09. The smallest absolute Gasteiger partial charge is 0.322 e. The van der Waals surface area contributed by atoms with Crippen LogP contribution in [0, 0.1) is 0 Å². The van der Waals surface area contributed by atoms with Crippen LogP contribution in [0.25, 0.3) is 0 Å². The van der Waals surface area contributed by atoms with Gasteiger partial charge >= 0.3 is 5.97 Å². The highest BCUT2D eigenvalue weighted by Crippen LogP contribution is 2.05. The van der Waals surface area contributed by atoms with Crippen LogP contribution in [0.3, 0.4) is 0 Å². The third kappa shape index (κ3) is 7.31. The van der Waals surface area contributed by atoms with Crippen LogP contribution in [0.1, 0.15) is 12.0 Å². The van der Waals surface area contributed by atoms with Gasteiger partial charge in [0.25, 0.3) is 0 Å². The van der Waals surface area contributed by atoms with Crippen molar-refractivity contribution in [2.75, 3.05) is 12.9 Å². The van der Waals surface area contributed by atoms with Crippen LogP contribution in [0.15, 0.2) is 35.3 Å². The Bertz CT molecular complexity index is 733. The van der Waals surface area contributed by atoms with Crippen molar-refractivity contribution in [1.82, 2.24) is 5.32 Å². The Hall–Kier alpha value is -2.46. The van der Waals surface area contributed by atoms with E-state index in [0.29, 0.717) is 6.42 Å². The number of hydrogen-bond acceptors (Lipinski definition) is 7. The van der Waals surface area contributed by atoms with Crippen LogP contribution in [-0.4, -0.2) is 55.5 Å². The second kappa shape index (κ2) is 9.14. The van der Waals surface area contributed by atoms with Gasteiger partial charge in [-0.2, -0.15) is 0 Å². The van der Waals surface area contributed by atoms with Gasteiger partial charge < -0.3 is 21.3 Å². The number of carbonyl (C=O) groups is 2. The number of benzene rings is 1. The lowest BCUT2D eigenvalue weighted by Crippen LogP contribution is -2.42. The fraction of sp³-hybridized carbons (Fsp3) is 0.400. The molecule has 0 aliphatic rings. The number of aliphatic carboxylic acids is 1. The summed E-state index contributed by atoms with van der Waals surface area (Å²) in [4.78, 5) is 26.1. The average Bonchev–Trinajstić information content (AvgIpc) is 2.52. The number of nitrogens with two attached hydrogens (primary N) is 1. The highest BCUT2D eigenvalue weighted by Gasteiger charge is 2.28. The van der Waals surface area contributed by atoms with E-state index in [-0.39, 0.29) is 0 Å². The lowest BCUT2D eigenvalue weighted by molar-refractivity contribution is -0.219. The number of nitrogens with zero attached hydrogens (tertiary/aromatic N) is 1. The number of amides is 1. The normalized spacial score (nSPS) is 14.6. The standard InChI is InChI=1S/C15H21N3O6S/c1-25(23,24)12(15(21)22)8-13(19)17-9-18-14(20)11(16)7-10-5-3-2-4-6-10/h2-6,11-12H,7-9,16H2,1H3,(H,17,19)(H,18,20)(H,21,22)/p-1/t11-,12?/m0/s1. The van der Waals surface area contributed by atoms with Gasteiger partial charge in [0.15, 0.2) is 15.1 Å². The number of aliphatic imine (C=N–C) groups is 1.